The second-order valence-electron chi connectivity index (χ2n) is 8.89. The molecule has 0 spiro atoms. The summed E-state index contributed by atoms with van der Waals surface area (Å²) in [4.78, 5) is 0. The van der Waals surface area contributed by atoms with E-state index in [2.05, 4.69) is 31.3 Å². The van der Waals surface area contributed by atoms with Crippen molar-refractivity contribution >= 4 is 5.69 Å². The minimum absolute atomic E-state index is 0.0497. The van der Waals surface area contributed by atoms with Gasteiger partial charge in [0.25, 0.3) is 0 Å². The number of anilines is 1. The van der Waals surface area contributed by atoms with Crippen molar-refractivity contribution in [3.63, 3.8) is 0 Å². The van der Waals surface area contributed by atoms with Crippen molar-refractivity contribution < 1.29 is 20.1 Å². The first-order valence-corrected chi connectivity index (χ1v) is 12.2. The van der Waals surface area contributed by atoms with Crippen LogP contribution in [0.25, 0.3) is 0 Å². The molecule has 0 aliphatic carbocycles. The number of nitrogens with one attached hydrogen (secondary N) is 1. The van der Waals surface area contributed by atoms with E-state index in [-0.39, 0.29) is 12.4 Å². The van der Waals surface area contributed by atoms with Crippen molar-refractivity contribution in [1.82, 2.24) is 5.32 Å². The number of aliphatic hydroxyl groups is 2. The number of rotatable bonds is 16. The lowest BCUT2D eigenvalue weighted by atomic mass is 10.0. The van der Waals surface area contributed by atoms with Crippen LogP contribution >= 0.6 is 0 Å². The van der Waals surface area contributed by atoms with Gasteiger partial charge in [-0.25, -0.2) is 0 Å². The Morgan fingerprint density at radius 2 is 1.61 bits per heavy atom. The zero-order valence-electron chi connectivity index (χ0n) is 20.3. The third kappa shape index (κ3) is 9.72. The third-order valence-corrected chi connectivity index (χ3v) is 6.05. The molecule has 0 radical (unpaired) electrons. The number of hydrogen-bond donors (Lipinski definition) is 5. The summed E-state index contributed by atoms with van der Waals surface area (Å²) in [5.41, 5.74) is 11.7. The van der Waals surface area contributed by atoms with Gasteiger partial charge < -0.3 is 31.1 Å². The predicted molar refractivity (Wildman–Crippen MR) is 134 cm³/mol. The highest BCUT2D eigenvalue weighted by Gasteiger charge is 2.10. The monoisotopic (exact) mass is 458 g/mol. The highest BCUT2D eigenvalue weighted by molar-refractivity contribution is 5.54. The van der Waals surface area contributed by atoms with Crippen molar-refractivity contribution in [2.75, 3.05) is 32.0 Å². The molecule has 33 heavy (non-hydrogen) atoms. The van der Waals surface area contributed by atoms with Crippen LogP contribution < -0.4 is 11.1 Å². The summed E-state index contributed by atoms with van der Waals surface area (Å²) in [6.07, 6.45) is 7.05. The molecule has 0 aliphatic heterocycles. The summed E-state index contributed by atoms with van der Waals surface area (Å²) in [7, 11) is 0. The van der Waals surface area contributed by atoms with Crippen LogP contribution in [-0.4, -0.2) is 41.6 Å². The molecule has 6 nitrogen and oxygen atoms in total. The summed E-state index contributed by atoms with van der Waals surface area (Å²) in [5.74, 6) is 0.0497. The first kappa shape index (κ1) is 27.1. The van der Waals surface area contributed by atoms with Crippen LogP contribution in [0.15, 0.2) is 30.3 Å². The molecule has 184 valence electrons. The van der Waals surface area contributed by atoms with E-state index >= 15 is 0 Å². The van der Waals surface area contributed by atoms with Gasteiger partial charge in [-0.15, -0.1) is 0 Å². The highest BCUT2D eigenvalue weighted by atomic mass is 16.5. The van der Waals surface area contributed by atoms with Crippen LogP contribution in [0.4, 0.5) is 5.69 Å². The summed E-state index contributed by atoms with van der Waals surface area (Å²) >= 11 is 0. The minimum Gasteiger partial charge on any atom is -0.508 e. The molecule has 0 heterocycles. The highest BCUT2D eigenvalue weighted by Crippen LogP contribution is 2.22. The quantitative estimate of drug-likeness (QED) is 0.190. The molecule has 0 bridgehead atoms. The summed E-state index contributed by atoms with van der Waals surface area (Å²) in [6, 6.07) is 9.22. The summed E-state index contributed by atoms with van der Waals surface area (Å²) < 4.78 is 5.77. The van der Waals surface area contributed by atoms with Crippen LogP contribution in [-0.2, 0) is 17.8 Å². The maximum absolute atomic E-state index is 10.2. The van der Waals surface area contributed by atoms with Gasteiger partial charge in [0, 0.05) is 31.0 Å². The SMILES string of the molecule is Cc1cc(CCCCOCCCCCCNCC(O)c2ccc(O)c(CO)c2)cc(C)c1N. The number of nitrogens with two attached hydrogens (primary N) is 1. The first-order chi connectivity index (χ1) is 15.9. The number of aromatic hydroxyl groups is 1. The van der Waals surface area contributed by atoms with Crippen LogP contribution in [0, 0.1) is 13.8 Å². The van der Waals surface area contributed by atoms with Crippen molar-refractivity contribution in [2.24, 2.45) is 0 Å². The van der Waals surface area contributed by atoms with E-state index in [4.69, 9.17) is 10.5 Å². The van der Waals surface area contributed by atoms with Gasteiger partial charge >= 0.3 is 0 Å². The standard InChI is InChI=1S/C27H42N2O4/c1-20-15-22(16-21(2)27(20)28)9-5-8-14-33-13-7-4-3-6-12-29-18-26(32)23-10-11-25(31)24(17-23)19-30/h10-11,15-17,26,29-32H,3-9,12-14,18-19,28H2,1-2H3. The second-order valence-corrected chi connectivity index (χ2v) is 8.89. The maximum Gasteiger partial charge on any atom is 0.121 e. The van der Waals surface area contributed by atoms with Gasteiger partial charge in [0.05, 0.1) is 12.7 Å². The first-order valence-electron chi connectivity index (χ1n) is 12.2. The molecule has 0 fully saturated rings. The smallest absolute Gasteiger partial charge is 0.121 e. The largest absolute Gasteiger partial charge is 0.508 e. The van der Waals surface area contributed by atoms with Gasteiger partial charge in [-0.2, -0.15) is 0 Å². The van der Waals surface area contributed by atoms with E-state index in [1.54, 1.807) is 12.1 Å². The Balaban J connectivity index is 1.42. The molecule has 0 aliphatic rings. The van der Waals surface area contributed by atoms with E-state index in [0.717, 1.165) is 70.4 Å². The van der Waals surface area contributed by atoms with Gasteiger partial charge in [0.15, 0.2) is 0 Å². The molecule has 2 aromatic carbocycles. The van der Waals surface area contributed by atoms with Gasteiger partial charge in [0.2, 0.25) is 0 Å². The van der Waals surface area contributed by atoms with Crippen molar-refractivity contribution in [1.29, 1.82) is 0 Å². The molecule has 0 amide bonds. The van der Waals surface area contributed by atoms with E-state index in [1.165, 1.54) is 22.8 Å². The normalized spacial score (nSPS) is 12.2. The van der Waals surface area contributed by atoms with E-state index in [0.29, 0.717) is 17.7 Å². The van der Waals surface area contributed by atoms with Gasteiger partial charge in [-0.05, 0) is 86.9 Å². The zero-order valence-corrected chi connectivity index (χ0v) is 20.3. The molecule has 0 aromatic heterocycles. The fraction of sp³-hybridized carbons (Fsp3) is 0.556. The lowest BCUT2D eigenvalue weighted by molar-refractivity contribution is 0.126. The summed E-state index contributed by atoms with van der Waals surface area (Å²) in [5, 5.41) is 32.3. The van der Waals surface area contributed by atoms with E-state index in [1.807, 2.05) is 0 Å². The third-order valence-electron chi connectivity index (χ3n) is 6.05. The molecule has 2 aromatic rings. The number of unbranched alkanes of at least 4 members (excludes halogenated alkanes) is 4. The number of aliphatic hydroxyl groups excluding tert-OH is 2. The van der Waals surface area contributed by atoms with Gasteiger partial charge in [-0.3, -0.25) is 0 Å². The van der Waals surface area contributed by atoms with E-state index < -0.39 is 6.10 Å². The molecule has 6 heteroatoms. The lowest BCUT2D eigenvalue weighted by Gasteiger charge is -2.14. The predicted octanol–water partition coefficient (Wildman–Crippen LogP) is 4.31. The molecule has 1 unspecified atom stereocenters. The Kier molecular flexibility index (Phi) is 12.3. The summed E-state index contributed by atoms with van der Waals surface area (Å²) in [6.45, 7) is 6.84. The lowest BCUT2D eigenvalue weighted by Crippen LogP contribution is -2.22. The Hall–Kier alpha value is -2.12. The topological polar surface area (TPSA) is 108 Å². The van der Waals surface area contributed by atoms with E-state index in [9.17, 15) is 15.3 Å². The number of benzene rings is 2. The van der Waals surface area contributed by atoms with Crippen LogP contribution in [0.2, 0.25) is 0 Å². The number of nitrogen functional groups attached to an aromatic ring is 1. The Morgan fingerprint density at radius 3 is 2.30 bits per heavy atom. The van der Waals surface area contributed by atoms with Crippen molar-refractivity contribution in [2.45, 2.75) is 71.5 Å². The maximum atomic E-state index is 10.2. The molecule has 0 saturated carbocycles. The number of aryl methyl sites for hydroxylation is 3. The van der Waals surface area contributed by atoms with Gasteiger partial charge in [0.1, 0.15) is 5.75 Å². The van der Waals surface area contributed by atoms with Crippen molar-refractivity contribution in [3.8, 4) is 5.75 Å². The van der Waals surface area contributed by atoms with Crippen LogP contribution in [0.3, 0.4) is 0 Å². The second kappa shape index (κ2) is 14.9. The van der Waals surface area contributed by atoms with Crippen LogP contribution in [0.1, 0.15) is 72.4 Å². The average molecular weight is 459 g/mol. The number of phenols is 1. The molecular weight excluding hydrogens is 416 g/mol. The molecule has 1 atom stereocenters. The minimum atomic E-state index is -0.655. The van der Waals surface area contributed by atoms with Crippen LogP contribution in [0.5, 0.6) is 5.75 Å². The number of hydrogen-bond acceptors (Lipinski definition) is 6. The van der Waals surface area contributed by atoms with Gasteiger partial charge in [-0.1, -0.05) is 31.0 Å². The molecule has 2 rings (SSSR count). The van der Waals surface area contributed by atoms with Crippen molar-refractivity contribution in [3.05, 3.63) is 58.1 Å². The zero-order chi connectivity index (χ0) is 24.1. The fourth-order valence-corrected chi connectivity index (χ4v) is 3.95. The number of ether oxygens (including phenoxy) is 1. The molecule has 6 N–H and O–H groups in total. The molecular formula is C27H42N2O4. The molecule has 0 saturated heterocycles. The Morgan fingerprint density at radius 1 is 0.939 bits per heavy atom. The Bertz CT molecular complexity index is 818. The Labute approximate surface area is 198 Å². The average Bonchev–Trinajstić information content (AvgIpc) is 2.80. The fourth-order valence-electron chi connectivity index (χ4n) is 3.95.